The molecule has 3 aliphatic heterocycles. The van der Waals surface area contributed by atoms with Gasteiger partial charge in [0.1, 0.15) is 74.3 Å². The molecule has 3 heterocycles. The lowest BCUT2D eigenvalue weighted by Gasteiger charge is -2.43. The second-order valence-corrected chi connectivity index (χ2v) is 13.7. The van der Waals surface area contributed by atoms with Gasteiger partial charge in [-0.1, -0.05) is 12.1 Å². The van der Waals surface area contributed by atoms with Gasteiger partial charge in [0.05, 0.1) is 27.4 Å². The molecule has 3 saturated heterocycles. The summed E-state index contributed by atoms with van der Waals surface area (Å²) in [5, 5.41) is 113. The third-order valence-corrected chi connectivity index (χ3v) is 9.80. The molecule has 0 radical (unpaired) electrons. The van der Waals surface area contributed by atoms with E-state index in [0.29, 0.717) is 11.1 Å². The number of esters is 2. The number of methoxy groups -OCH3 is 2. The van der Waals surface area contributed by atoms with Crippen molar-refractivity contribution in [3.63, 3.8) is 0 Å². The van der Waals surface area contributed by atoms with E-state index in [9.17, 15) is 65.8 Å². The van der Waals surface area contributed by atoms with Gasteiger partial charge in [-0.15, -0.1) is 0 Å². The van der Waals surface area contributed by atoms with E-state index >= 15 is 0 Å². The number of phenols is 1. The molecule has 3 fully saturated rings. The van der Waals surface area contributed by atoms with Gasteiger partial charge in [-0.05, 0) is 47.5 Å². The van der Waals surface area contributed by atoms with Crippen LogP contribution in [-0.4, -0.2) is 194 Å². The summed E-state index contributed by atoms with van der Waals surface area (Å²) in [5.74, 6) is -4.51. The van der Waals surface area contributed by atoms with Crippen LogP contribution < -0.4 is 14.2 Å². The van der Waals surface area contributed by atoms with Crippen molar-refractivity contribution in [2.45, 2.75) is 85.5 Å². The van der Waals surface area contributed by atoms with Crippen molar-refractivity contribution in [3.05, 3.63) is 59.7 Å². The zero-order chi connectivity index (χ0) is 43.9. The molecule has 60 heavy (non-hydrogen) atoms. The van der Waals surface area contributed by atoms with E-state index in [1.54, 1.807) is 0 Å². The van der Waals surface area contributed by atoms with Crippen molar-refractivity contribution in [1.29, 1.82) is 0 Å². The number of aliphatic hydroxyl groups is 10. The number of ether oxygens (including phenoxy) is 9. The van der Waals surface area contributed by atoms with Gasteiger partial charge >= 0.3 is 11.9 Å². The minimum absolute atomic E-state index is 0.0307. The lowest BCUT2D eigenvalue weighted by molar-refractivity contribution is -0.383. The van der Waals surface area contributed by atoms with Gasteiger partial charge in [-0.2, -0.15) is 0 Å². The number of aliphatic hydroxyl groups excluding tert-OH is 10. The Morgan fingerprint density at radius 1 is 0.667 bits per heavy atom. The lowest BCUT2D eigenvalue weighted by Crippen LogP contribution is -2.63. The molecule has 22 heteroatoms. The molecule has 3 aliphatic rings. The van der Waals surface area contributed by atoms with Crippen LogP contribution in [0, 0.1) is 0 Å². The molecule has 0 bridgehead atoms. The quantitative estimate of drug-likeness (QED) is 0.0567. The van der Waals surface area contributed by atoms with Crippen molar-refractivity contribution in [2.24, 2.45) is 0 Å². The van der Waals surface area contributed by atoms with Crippen LogP contribution in [0.1, 0.15) is 11.1 Å². The molecule has 2 aromatic carbocycles. The van der Waals surface area contributed by atoms with Crippen molar-refractivity contribution in [1.82, 2.24) is 0 Å². The molecule has 2 aromatic rings. The SMILES string of the molecule is COc1cc(C=CC(=O)O[C@H]2[C@H](O)[C@@H](CO)O[C@@]2(CO)O[C@H]2O[C@H](COC(=O)C=Cc3ccc(O[C@@H]4O[C@H](CO)[C@@H](O)[C@H](O)[C@H]4O)c(OC)c3)[C@@H](O)[C@H](O)[C@H]2O)ccc1O. The summed E-state index contributed by atoms with van der Waals surface area (Å²) in [6.07, 6.45) is -17.8. The molecular weight excluding hydrogens is 808 g/mol. The van der Waals surface area contributed by atoms with E-state index in [4.69, 9.17) is 42.6 Å². The Morgan fingerprint density at radius 3 is 1.85 bits per heavy atom. The van der Waals surface area contributed by atoms with Crippen molar-refractivity contribution < 1.29 is 108 Å². The molecule has 0 aliphatic carbocycles. The molecule has 332 valence electrons. The number of benzene rings is 2. The third kappa shape index (κ3) is 10.3. The van der Waals surface area contributed by atoms with E-state index in [-0.39, 0.29) is 23.0 Å². The summed E-state index contributed by atoms with van der Waals surface area (Å²) < 4.78 is 48.8. The number of hydrogen-bond donors (Lipinski definition) is 11. The van der Waals surface area contributed by atoms with E-state index < -0.39 is 124 Å². The van der Waals surface area contributed by atoms with Gasteiger partial charge in [0.2, 0.25) is 12.1 Å². The van der Waals surface area contributed by atoms with Crippen LogP contribution in [-0.2, 0) is 38.0 Å². The van der Waals surface area contributed by atoms with Gasteiger partial charge in [0, 0.05) is 12.2 Å². The van der Waals surface area contributed by atoms with Gasteiger partial charge < -0.3 is 98.8 Å². The van der Waals surface area contributed by atoms with Gasteiger partial charge in [0.15, 0.2) is 35.4 Å². The van der Waals surface area contributed by atoms with Crippen molar-refractivity contribution in [3.8, 4) is 23.0 Å². The molecule has 0 spiro atoms. The predicted molar refractivity (Wildman–Crippen MR) is 197 cm³/mol. The number of aromatic hydroxyl groups is 1. The van der Waals surface area contributed by atoms with Gasteiger partial charge in [-0.3, -0.25) is 0 Å². The predicted octanol–water partition coefficient (Wildman–Crippen LogP) is -3.97. The zero-order valence-electron chi connectivity index (χ0n) is 32.0. The Labute approximate surface area is 341 Å². The van der Waals surface area contributed by atoms with Crippen LogP contribution in [0.15, 0.2) is 48.6 Å². The van der Waals surface area contributed by atoms with E-state index in [2.05, 4.69) is 0 Å². The van der Waals surface area contributed by atoms with Crippen LogP contribution in [0.5, 0.6) is 23.0 Å². The van der Waals surface area contributed by atoms with Gasteiger partial charge in [-0.25, -0.2) is 9.59 Å². The number of hydrogen-bond acceptors (Lipinski definition) is 22. The Hall–Kier alpha value is -4.50. The maximum Gasteiger partial charge on any atom is 0.331 e. The second-order valence-electron chi connectivity index (χ2n) is 13.7. The summed E-state index contributed by atoms with van der Waals surface area (Å²) in [6, 6.07) is 8.45. The van der Waals surface area contributed by atoms with Crippen LogP contribution in [0.25, 0.3) is 12.2 Å². The van der Waals surface area contributed by atoms with Crippen LogP contribution in [0.3, 0.4) is 0 Å². The highest BCUT2D eigenvalue weighted by atomic mass is 16.8. The van der Waals surface area contributed by atoms with Gasteiger partial charge in [0.25, 0.3) is 0 Å². The molecular formula is C38H48O22. The summed E-state index contributed by atoms with van der Waals surface area (Å²) in [7, 11) is 2.62. The number of carbonyl (C=O) groups excluding carboxylic acids is 2. The highest BCUT2D eigenvalue weighted by Crippen LogP contribution is 2.38. The maximum absolute atomic E-state index is 12.9. The van der Waals surface area contributed by atoms with E-state index in [1.165, 1.54) is 62.8 Å². The summed E-state index contributed by atoms with van der Waals surface area (Å²) in [6.45, 7) is -3.42. The molecule has 5 rings (SSSR count). The topological polar surface area (TPSA) is 340 Å². The Morgan fingerprint density at radius 2 is 1.23 bits per heavy atom. The summed E-state index contributed by atoms with van der Waals surface area (Å²) in [5.41, 5.74) is 0.764. The average molecular weight is 857 g/mol. The molecule has 0 saturated carbocycles. The second kappa shape index (κ2) is 20.4. The highest BCUT2D eigenvalue weighted by Gasteiger charge is 2.61. The average Bonchev–Trinajstić information content (AvgIpc) is 3.51. The standard InChI is InChI=1S/C38H48O22/c1-52-21-11-17(3-7-19(21)42)6-10-27(44)58-35-30(47)24(14-40)59-38(35,16-41)60-37-34(51)32(49)29(46)25(57-37)15-54-26(43)9-5-18-4-8-20(22(12-18)53-2)55-36-33(50)31(48)28(45)23(13-39)56-36/h3-12,23-25,28-37,39-42,45-51H,13-16H2,1-2H3/t23-,24-,25-,28-,29-,30-,31+,32+,33-,34-,35+,36-,37-,38+/m1/s1. The first-order valence-electron chi connectivity index (χ1n) is 18.3. The fourth-order valence-electron chi connectivity index (χ4n) is 6.44. The Balaban J connectivity index is 1.22. The molecule has 0 aromatic heterocycles. The van der Waals surface area contributed by atoms with Crippen molar-refractivity contribution >= 4 is 24.1 Å². The Kier molecular flexibility index (Phi) is 15.8. The van der Waals surface area contributed by atoms with E-state index in [1.807, 2.05) is 0 Å². The van der Waals surface area contributed by atoms with Crippen LogP contribution >= 0.6 is 0 Å². The fraction of sp³-hybridized carbons (Fsp3) is 0.526. The zero-order valence-corrected chi connectivity index (χ0v) is 32.0. The van der Waals surface area contributed by atoms with Crippen LogP contribution in [0.2, 0.25) is 0 Å². The van der Waals surface area contributed by atoms with Crippen LogP contribution in [0.4, 0.5) is 0 Å². The number of rotatable bonds is 16. The lowest BCUT2D eigenvalue weighted by atomic mass is 9.98. The van der Waals surface area contributed by atoms with Crippen molar-refractivity contribution in [2.75, 3.05) is 40.6 Å². The molecule has 14 atom stereocenters. The first-order valence-corrected chi connectivity index (χ1v) is 18.3. The molecule has 0 amide bonds. The maximum atomic E-state index is 12.9. The first kappa shape index (κ1) is 46.6. The van der Waals surface area contributed by atoms with E-state index in [0.717, 1.165) is 12.2 Å². The largest absolute Gasteiger partial charge is 0.504 e. The molecule has 22 nitrogen and oxygen atoms in total. The Bertz CT molecular complexity index is 1820. The minimum atomic E-state index is -2.52. The minimum Gasteiger partial charge on any atom is -0.504 e. The normalized spacial score (nSPS) is 34.4. The first-order chi connectivity index (χ1) is 28.6. The monoisotopic (exact) mass is 856 g/mol. The summed E-state index contributed by atoms with van der Waals surface area (Å²) in [4.78, 5) is 25.6. The summed E-state index contributed by atoms with van der Waals surface area (Å²) >= 11 is 0. The molecule has 11 N–H and O–H groups in total. The number of carbonyl (C=O) groups is 2. The molecule has 0 unspecified atom stereocenters. The number of phenolic OH excluding ortho intramolecular Hbond substituents is 1. The fourth-order valence-corrected chi connectivity index (χ4v) is 6.44. The highest BCUT2D eigenvalue weighted by molar-refractivity contribution is 5.88. The smallest absolute Gasteiger partial charge is 0.331 e. The third-order valence-electron chi connectivity index (χ3n) is 9.80.